The van der Waals surface area contributed by atoms with Gasteiger partial charge in [0.25, 0.3) is 5.69 Å². The number of hydrogen-bond acceptors (Lipinski definition) is 2. The van der Waals surface area contributed by atoms with Crippen molar-refractivity contribution in [1.82, 2.24) is 0 Å². The van der Waals surface area contributed by atoms with E-state index in [4.69, 9.17) is 23.2 Å². The third-order valence-electron chi connectivity index (χ3n) is 2.87. The minimum atomic E-state index is -0.446. The fourth-order valence-electron chi connectivity index (χ4n) is 1.74. The zero-order valence-electron chi connectivity index (χ0n) is 10.6. The van der Waals surface area contributed by atoms with E-state index in [-0.39, 0.29) is 5.69 Å². The molecule has 0 atom stereocenters. The number of hydrogen-bond donors (Lipinski definition) is 0. The summed E-state index contributed by atoms with van der Waals surface area (Å²) in [6, 6.07) is 9.90. The number of non-ortho nitro benzene ring substituents is 1. The molecule has 5 heteroatoms. The normalized spacial score (nSPS) is 10.9. The molecule has 0 aliphatic heterocycles. The fraction of sp³-hybridized carbons (Fsp3) is 0.0667. The van der Waals surface area contributed by atoms with Crippen molar-refractivity contribution in [2.24, 2.45) is 0 Å². The Labute approximate surface area is 126 Å². The lowest BCUT2D eigenvalue weighted by Crippen LogP contribution is -1.88. The van der Waals surface area contributed by atoms with Gasteiger partial charge >= 0.3 is 0 Å². The quantitative estimate of drug-likeness (QED) is 0.434. The topological polar surface area (TPSA) is 43.1 Å². The van der Waals surface area contributed by atoms with Gasteiger partial charge in [-0.25, -0.2) is 0 Å². The molecule has 2 aromatic rings. The molecule has 0 heterocycles. The van der Waals surface area contributed by atoms with Crippen LogP contribution < -0.4 is 0 Å². The number of nitro groups is 1. The van der Waals surface area contributed by atoms with Crippen molar-refractivity contribution < 1.29 is 4.92 Å². The van der Waals surface area contributed by atoms with E-state index >= 15 is 0 Å². The summed E-state index contributed by atoms with van der Waals surface area (Å²) in [7, 11) is 0. The van der Waals surface area contributed by atoms with Gasteiger partial charge in [-0.2, -0.15) is 0 Å². The molecule has 0 unspecified atom stereocenters. The molecule has 0 spiro atoms. The van der Waals surface area contributed by atoms with Crippen LogP contribution in [0.1, 0.15) is 16.7 Å². The number of aryl methyl sites for hydroxylation is 1. The molecule has 0 radical (unpaired) electrons. The van der Waals surface area contributed by atoms with E-state index in [0.717, 1.165) is 11.1 Å². The van der Waals surface area contributed by atoms with Crippen molar-refractivity contribution in [3.8, 4) is 0 Å². The summed E-state index contributed by atoms with van der Waals surface area (Å²) in [4.78, 5) is 10.3. The smallest absolute Gasteiger partial charge is 0.258 e. The average molecular weight is 308 g/mol. The molecule has 0 fully saturated rings. The summed E-state index contributed by atoms with van der Waals surface area (Å²) in [6.45, 7) is 1.96. The molecular weight excluding hydrogens is 297 g/mol. The molecule has 0 bridgehead atoms. The zero-order chi connectivity index (χ0) is 14.7. The van der Waals surface area contributed by atoms with Gasteiger partial charge in [0.15, 0.2) is 0 Å². The largest absolute Gasteiger partial charge is 0.270 e. The van der Waals surface area contributed by atoms with Crippen molar-refractivity contribution in [3.63, 3.8) is 0 Å². The van der Waals surface area contributed by atoms with Crippen LogP contribution in [0.4, 0.5) is 5.69 Å². The van der Waals surface area contributed by atoms with Crippen LogP contribution in [0.5, 0.6) is 0 Å². The zero-order valence-corrected chi connectivity index (χ0v) is 12.2. The first kappa shape index (κ1) is 14.6. The molecule has 2 aromatic carbocycles. The van der Waals surface area contributed by atoms with Gasteiger partial charge in [0.2, 0.25) is 0 Å². The van der Waals surface area contributed by atoms with Gasteiger partial charge in [-0.1, -0.05) is 41.4 Å². The van der Waals surface area contributed by atoms with Crippen molar-refractivity contribution in [1.29, 1.82) is 0 Å². The Balaban J connectivity index is 2.38. The first-order chi connectivity index (χ1) is 9.47. The molecule has 0 aliphatic rings. The molecule has 102 valence electrons. The van der Waals surface area contributed by atoms with Crippen LogP contribution in [0.3, 0.4) is 0 Å². The highest BCUT2D eigenvalue weighted by molar-refractivity contribution is 6.32. The van der Waals surface area contributed by atoms with Crippen molar-refractivity contribution in [2.75, 3.05) is 0 Å². The maximum Gasteiger partial charge on any atom is 0.270 e. The standard InChI is InChI=1S/C15H11Cl2NO2/c1-10-2-5-13(16)8-11(10)3-4-12-9-14(18(19)20)6-7-15(12)17/h2-9H,1H3/b4-3+. The molecular formula is C15H11Cl2NO2. The lowest BCUT2D eigenvalue weighted by molar-refractivity contribution is -0.384. The van der Waals surface area contributed by atoms with Gasteiger partial charge in [-0.05, 0) is 41.8 Å². The highest BCUT2D eigenvalue weighted by atomic mass is 35.5. The number of rotatable bonds is 3. The van der Waals surface area contributed by atoms with Crippen molar-refractivity contribution in [2.45, 2.75) is 6.92 Å². The van der Waals surface area contributed by atoms with Crippen molar-refractivity contribution >= 4 is 41.0 Å². The van der Waals surface area contributed by atoms with Crippen LogP contribution in [-0.2, 0) is 0 Å². The maximum atomic E-state index is 10.8. The number of nitrogens with zero attached hydrogens (tertiary/aromatic N) is 1. The second kappa shape index (κ2) is 6.07. The van der Waals surface area contributed by atoms with E-state index in [1.807, 2.05) is 31.2 Å². The molecule has 0 saturated heterocycles. The Hall–Kier alpha value is -1.84. The lowest BCUT2D eigenvalue weighted by Gasteiger charge is -2.02. The van der Waals surface area contributed by atoms with Gasteiger partial charge in [-0.15, -0.1) is 0 Å². The summed E-state index contributed by atoms with van der Waals surface area (Å²) >= 11 is 12.0. The van der Waals surface area contributed by atoms with E-state index in [9.17, 15) is 10.1 Å². The van der Waals surface area contributed by atoms with E-state index in [1.165, 1.54) is 18.2 Å². The molecule has 0 aromatic heterocycles. The van der Waals surface area contributed by atoms with Crippen LogP contribution in [0.2, 0.25) is 10.0 Å². The van der Waals surface area contributed by atoms with E-state index in [1.54, 1.807) is 6.08 Å². The Morgan fingerprint density at radius 1 is 1.05 bits per heavy atom. The van der Waals surface area contributed by atoms with Crippen LogP contribution >= 0.6 is 23.2 Å². The Kier molecular flexibility index (Phi) is 4.42. The summed E-state index contributed by atoms with van der Waals surface area (Å²) in [5.74, 6) is 0. The predicted octanol–water partition coefficient (Wildman–Crippen LogP) is 5.38. The maximum absolute atomic E-state index is 10.8. The molecule has 3 nitrogen and oxygen atoms in total. The van der Waals surface area contributed by atoms with Gasteiger partial charge in [0.05, 0.1) is 4.92 Å². The van der Waals surface area contributed by atoms with Crippen LogP contribution in [-0.4, -0.2) is 4.92 Å². The highest BCUT2D eigenvalue weighted by Gasteiger charge is 2.07. The Morgan fingerprint density at radius 3 is 2.45 bits per heavy atom. The summed E-state index contributed by atoms with van der Waals surface area (Å²) in [6.07, 6.45) is 3.58. The van der Waals surface area contributed by atoms with Crippen LogP contribution in [0, 0.1) is 17.0 Å². The fourth-order valence-corrected chi connectivity index (χ4v) is 2.10. The monoisotopic (exact) mass is 307 g/mol. The first-order valence-corrected chi connectivity index (χ1v) is 6.61. The Morgan fingerprint density at radius 2 is 1.75 bits per heavy atom. The number of halogens is 2. The van der Waals surface area contributed by atoms with E-state index in [2.05, 4.69) is 0 Å². The van der Waals surface area contributed by atoms with Gasteiger partial charge < -0.3 is 0 Å². The average Bonchev–Trinajstić information content (AvgIpc) is 2.41. The van der Waals surface area contributed by atoms with Gasteiger partial charge in [0, 0.05) is 22.2 Å². The van der Waals surface area contributed by atoms with Crippen LogP contribution in [0.15, 0.2) is 36.4 Å². The second-order valence-electron chi connectivity index (χ2n) is 4.30. The van der Waals surface area contributed by atoms with E-state index in [0.29, 0.717) is 15.6 Å². The van der Waals surface area contributed by atoms with Crippen molar-refractivity contribution in [3.05, 3.63) is 73.2 Å². The second-order valence-corrected chi connectivity index (χ2v) is 5.14. The predicted molar refractivity (Wildman–Crippen MR) is 83.2 cm³/mol. The molecule has 0 amide bonds. The molecule has 0 saturated carbocycles. The van der Waals surface area contributed by atoms with Crippen LogP contribution in [0.25, 0.3) is 12.2 Å². The summed E-state index contributed by atoms with van der Waals surface area (Å²) in [5, 5.41) is 11.9. The lowest BCUT2D eigenvalue weighted by atomic mass is 10.1. The van der Waals surface area contributed by atoms with Gasteiger partial charge in [0.1, 0.15) is 0 Å². The Bertz CT molecular complexity index is 696. The molecule has 0 aliphatic carbocycles. The number of benzene rings is 2. The first-order valence-electron chi connectivity index (χ1n) is 5.85. The minimum Gasteiger partial charge on any atom is -0.258 e. The van der Waals surface area contributed by atoms with Gasteiger partial charge in [-0.3, -0.25) is 10.1 Å². The SMILES string of the molecule is Cc1ccc(Cl)cc1/C=C/c1cc([N+](=O)[O-])ccc1Cl. The molecule has 2 rings (SSSR count). The molecule has 20 heavy (non-hydrogen) atoms. The summed E-state index contributed by atoms with van der Waals surface area (Å²) in [5.41, 5.74) is 2.62. The molecule has 0 N–H and O–H groups in total. The minimum absolute atomic E-state index is 0.0110. The highest BCUT2D eigenvalue weighted by Crippen LogP contribution is 2.25. The number of nitro benzene ring substituents is 1. The third kappa shape index (κ3) is 3.38. The van der Waals surface area contributed by atoms with E-state index < -0.39 is 4.92 Å². The summed E-state index contributed by atoms with van der Waals surface area (Å²) < 4.78 is 0. The third-order valence-corrected chi connectivity index (χ3v) is 3.45.